The number of esters is 1. The average molecular weight is 250 g/mol. The number of unbranched alkanes of at least 4 members (excludes halogenated alkanes) is 5. The topological polar surface area (TPSA) is 26.3 Å². The molecule has 0 saturated carbocycles. The molecule has 0 aromatic rings. The molecule has 0 aliphatic rings. The van der Waals surface area contributed by atoms with E-state index in [1.165, 1.54) is 33.1 Å². The van der Waals surface area contributed by atoms with Gasteiger partial charge in [-0.1, -0.05) is 39.0 Å². The molecule has 0 amide bonds. The second-order valence-electron chi connectivity index (χ2n) is 4.90. The van der Waals surface area contributed by atoms with Crippen molar-refractivity contribution in [3.05, 3.63) is 0 Å². The van der Waals surface area contributed by atoms with E-state index in [1.807, 2.05) is 0 Å². The van der Waals surface area contributed by atoms with E-state index in [0.29, 0.717) is 0 Å². The summed E-state index contributed by atoms with van der Waals surface area (Å²) in [7, 11) is 0. The molecule has 0 unspecified atom stereocenters. The summed E-state index contributed by atoms with van der Waals surface area (Å²) in [5.74, 6) is -0.522. The molecule has 0 atom stereocenters. The van der Waals surface area contributed by atoms with Crippen molar-refractivity contribution in [1.82, 2.24) is 0 Å². The number of hydrogen-bond acceptors (Lipinski definition) is 2. The van der Waals surface area contributed by atoms with Crippen LogP contribution in [0.4, 0.5) is 8.78 Å². The zero-order chi connectivity index (χ0) is 13.3. The van der Waals surface area contributed by atoms with Crippen molar-refractivity contribution in [2.75, 3.05) is 0 Å². The fourth-order valence-electron chi connectivity index (χ4n) is 1.44. The van der Waals surface area contributed by atoms with Crippen molar-refractivity contribution in [1.29, 1.82) is 0 Å². The van der Waals surface area contributed by atoms with E-state index in [0.717, 1.165) is 19.3 Å². The Morgan fingerprint density at radius 1 is 1.12 bits per heavy atom. The minimum Gasteiger partial charge on any atom is -0.454 e. The third kappa shape index (κ3) is 8.11. The molecule has 0 saturated heterocycles. The summed E-state index contributed by atoms with van der Waals surface area (Å²) < 4.78 is 29.6. The molecular formula is C13H24F2O2. The molecule has 4 heteroatoms. The summed E-state index contributed by atoms with van der Waals surface area (Å²) in [6, 6.07) is 0. The zero-order valence-corrected chi connectivity index (χ0v) is 11.1. The largest absolute Gasteiger partial charge is 0.454 e. The maximum Gasteiger partial charge on any atom is 0.306 e. The van der Waals surface area contributed by atoms with Crippen molar-refractivity contribution < 1.29 is 18.3 Å². The molecule has 0 aliphatic carbocycles. The molecule has 0 heterocycles. The lowest BCUT2D eigenvalue weighted by Gasteiger charge is -2.23. The predicted octanol–water partition coefficient (Wildman–Crippen LogP) is 4.32. The Labute approximate surface area is 103 Å². The van der Waals surface area contributed by atoms with E-state index in [-0.39, 0.29) is 6.42 Å². The van der Waals surface area contributed by atoms with Crippen molar-refractivity contribution in [3.63, 3.8) is 0 Å². The summed E-state index contributed by atoms with van der Waals surface area (Å²) >= 11 is 0. The molecule has 0 fully saturated rings. The highest BCUT2D eigenvalue weighted by atomic mass is 19.3. The van der Waals surface area contributed by atoms with Gasteiger partial charge in [0, 0.05) is 6.42 Å². The SMILES string of the molecule is CCCCCCCCC(=O)OC(C)(C)C(F)F. The average Bonchev–Trinajstić information content (AvgIpc) is 2.22. The Morgan fingerprint density at radius 3 is 2.18 bits per heavy atom. The number of halogens is 2. The smallest absolute Gasteiger partial charge is 0.306 e. The molecule has 102 valence electrons. The number of hydrogen-bond donors (Lipinski definition) is 0. The van der Waals surface area contributed by atoms with Crippen LogP contribution in [-0.2, 0) is 9.53 Å². The van der Waals surface area contributed by atoms with Crippen LogP contribution < -0.4 is 0 Å². The summed E-state index contributed by atoms with van der Waals surface area (Å²) in [4.78, 5) is 11.3. The molecule has 0 aliphatic heterocycles. The van der Waals surface area contributed by atoms with E-state index >= 15 is 0 Å². The van der Waals surface area contributed by atoms with Gasteiger partial charge in [-0.15, -0.1) is 0 Å². The van der Waals surface area contributed by atoms with E-state index in [2.05, 4.69) is 6.92 Å². The van der Waals surface area contributed by atoms with Gasteiger partial charge in [0.25, 0.3) is 6.43 Å². The number of carbonyl (C=O) groups is 1. The normalized spacial score (nSPS) is 11.9. The number of carbonyl (C=O) groups excluding carboxylic acids is 1. The number of alkyl halides is 2. The highest BCUT2D eigenvalue weighted by Gasteiger charge is 2.33. The first-order valence-electron chi connectivity index (χ1n) is 6.40. The summed E-state index contributed by atoms with van der Waals surface area (Å²) in [6.45, 7) is 4.61. The Bertz CT molecular complexity index is 215. The first-order valence-corrected chi connectivity index (χ1v) is 6.40. The third-order valence-electron chi connectivity index (χ3n) is 2.64. The quantitative estimate of drug-likeness (QED) is 0.450. The first kappa shape index (κ1) is 16.3. The highest BCUT2D eigenvalue weighted by molar-refractivity contribution is 5.69. The van der Waals surface area contributed by atoms with Gasteiger partial charge in [0.15, 0.2) is 5.60 Å². The third-order valence-corrected chi connectivity index (χ3v) is 2.64. The van der Waals surface area contributed by atoms with Gasteiger partial charge >= 0.3 is 5.97 Å². The van der Waals surface area contributed by atoms with Crippen molar-refractivity contribution in [2.45, 2.75) is 77.7 Å². The van der Waals surface area contributed by atoms with Crippen LogP contribution >= 0.6 is 0 Å². The van der Waals surface area contributed by atoms with E-state index in [4.69, 9.17) is 4.74 Å². The number of rotatable bonds is 9. The molecule has 0 spiro atoms. The van der Waals surface area contributed by atoms with Gasteiger partial charge < -0.3 is 4.74 Å². The molecule has 0 radical (unpaired) electrons. The highest BCUT2D eigenvalue weighted by Crippen LogP contribution is 2.20. The fourth-order valence-corrected chi connectivity index (χ4v) is 1.44. The molecule has 17 heavy (non-hydrogen) atoms. The second kappa shape index (κ2) is 8.43. The maximum atomic E-state index is 12.4. The van der Waals surface area contributed by atoms with Crippen LogP contribution in [0.2, 0.25) is 0 Å². The van der Waals surface area contributed by atoms with Crippen LogP contribution in [0, 0.1) is 0 Å². The predicted molar refractivity (Wildman–Crippen MR) is 64.2 cm³/mol. The van der Waals surface area contributed by atoms with Gasteiger partial charge in [-0.05, 0) is 20.3 Å². The van der Waals surface area contributed by atoms with Gasteiger partial charge in [0.2, 0.25) is 0 Å². The summed E-state index contributed by atoms with van der Waals surface area (Å²) in [6.07, 6.45) is 3.95. The van der Waals surface area contributed by atoms with E-state index in [1.54, 1.807) is 0 Å². The standard InChI is InChI=1S/C13H24F2O2/c1-4-5-6-7-8-9-10-11(16)17-13(2,3)12(14)15/h12H,4-10H2,1-3H3. The van der Waals surface area contributed by atoms with Crippen LogP contribution in [0.3, 0.4) is 0 Å². The minimum atomic E-state index is -2.64. The Balaban J connectivity index is 3.60. The molecule has 2 nitrogen and oxygen atoms in total. The Morgan fingerprint density at radius 2 is 1.65 bits per heavy atom. The molecular weight excluding hydrogens is 226 g/mol. The molecule has 0 aromatic carbocycles. The van der Waals surface area contributed by atoms with Gasteiger partial charge in [-0.25, -0.2) is 8.78 Å². The van der Waals surface area contributed by atoms with Gasteiger partial charge in [-0.3, -0.25) is 4.79 Å². The van der Waals surface area contributed by atoms with Crippen LogP contribution in [0.5, 0.6) is 0 Å². The van der Waals surface area contributed by atoms with Crippen LogP contribution in [0.1, 0.15) is 65.7 Å². The molecule has 0 aromatic heterocycles. The maximum absolute atomic E-state index is 12.4. The van der Waals surface area contributed by atoms with Crippen molar-refractivity contribution >= 4 is 5.97 Å². The monoisotopic (exact) mass is 250 g/mol. The first-order chi connectivity index (χ1) is 7.90. The number of ether oxygens (including phenoxy) is 1. The van der Waals surface area contributed by atoms with Gasteiger partial charge in [0.05, 0.1) is 0 Å². The second-order valence-corrected chi connectivity index (χ2v) is 4.90. The molecule has 0 rings (SSSR count). The Hall–Kier alpha value is -0.670. The lowest BCUT2D eigenvalue weighted by molar-refractivity contribution is -0.171. The fraction of sp³-hybridized carbons (Fsp3) is 0.923. The van der Waals surface area contributed by atoms with E-state index in [9.17, 15) is 13.6 Å². The summed E-state index contributed by atoms with van der Waals surface area (Å²) in [5.41, 5.74) is -1.67. The zero-order valence-electron chi connectivity index (χ0n) is 11.1. The van der Waals surface area contributed by atoms with Gasteiger partial charge in [0.1, 0.15) is 0 Å². The minimum absolute atomic E-state index is 0.238. The van der Waals surface area contributed by atoms with Crippen molar-refractivity contribution in [3.8, 4) is 0 Å². The summed E-state index contributed by atoms with van der Waals surface area (Å²) in [5, 5.41) is 0. The van der Waals surface area contributed by atoms with E-state index < -0.39 is 18.0 Å². The lowest BCUT2D eigenvalue weighted by Crippen LogP contribution is -2.35. The van der Waals surface area contributed by atoms with Gasteiger partial charge in [-0.2, -0.15) is 0 Å². The molecule has 0 bridgehead atoms. The van der Waals surface area contributed by atoms with Crippen molar-refractivity contribution in [2.24, 2.45) is 0 Å². The van der Waals surface area contributed by atoms with Crippen LogP contribution in [-0.4, -0.2) is 18.0 Å². The lowest BCUT2D eigenvalue weighted by atomic mass is 10.1. The van der Waals surface area contributed by atoms with Crippen LogP contribution in [0.15, 0.2) is 0 Å². The Kier molecular flexibility index (Phi) is 8.09. The molecule has 0 N–H and O–H groups in total. The van der Waals surface area contributed by atoms with Crippen LogP contribution in [0.25, 0.3) is 0 Å².